The molecule has 1 aromatic carbocycles. The number of aryl methyl sites for hydroxylation is 1. The Morgan fingerprint density at radius 3 is 2.50 bits per heavy atom. The Labute approximate surface area is 169 Å². The van der Waals surface area contributed by atoms with Gasteiger partial charge in [0.1, 0.15) is 0 Å². The van der Waals surface area contributed by atoms with Crippen LogP contribution in [0.25, 0.3) is 0 Å². The summed E-state index contributed by atoms with van der Waals surface area (Å²) in [5, 5.41) is 7.07. The van der Waals surface area contributed by atoms with Crippen molar-refractivity contribution in [2.45, 2.75) is 63.1 Å². The van der Waals surface area contributed by atoms with E-state index in [9.17, 15) is 9.59 Å². The molecule has 3 rings (SSSR count). The Morgan fingerprint density at radius 1 is 1.18 bits per heavy atom. The first-order valence-corrected chi connectivity index (χ1v) is 11.1. The van der Waals surface area contributed by atoms with Crippen molar-refractivity contribution in [3.63, 3.8) is 0 Å². The van der Waals surface area contributed by atoms with Crippen molar-refractivity contribution in [3.8, 4) is 0 Å². The van der Waals surface area contributed by atoms with Gasteiger partial charge in [0.05, 0.1) is 0 Å². The van der Waals surface area contributed by atoms with Gasteiger partial charge in [-0.15, -0.1) is 0 Å². The van der Waals surface area contributed by atoms with Crippen LogP contribution in [0.4, 0.5) is 11.4 Å². The molecule has 0 bridgehead atoms. The smallest absolute Gasteiger partial charge is 0.254 e. The molecule has 28 heavy (non-hydrogen) atoms. The van der Waals surface area contributed by atoms with E-state index >= 15 is 0 Å². The predicted octanol–water partition coefficient (Wildman–Crippen LogP) is 4.12. The van der Waals surface area contributed by atoms with Crippen molar-refractivity contribution in [3.05, 3.63) is 45.9 Å². The molecule has 0 saturated heterocycles. The summed E-state index contributed by atoms with van der Waals surface area (Å²) in [5.74, 6) is -0.110. The maximum absolute atomic E-state index is 12.3. The number of carbonyl (C=O) groups is 1. The molecule has 1 aliphatic rings. The molecule has 2 aromatic rings. The summed E-state index contributed by atoms with van der Waals surface area (Å²) in [6.45, 7) is 1.81. The van der Waals surface area contributed by atoms with Crippen LogP contribution in [0.5, 0.6) is 0 Å². The van der Waals surface area contributed by atoms with Gasteiger partial charge in [-0.2, -0.15) is 0 Å². The first kappa shape index (κ1) is 20.5. The summed E-state index contributed by atoms with van der Waals surface area (Å²) in [6, 6.07) is 8.39. The zero-order valence-electron chi connectivity index (χ0n) is 16.5. The van der Waals surface area contributed by atoms with E-state index in [4.69, 9.17) is 0 Å². The zero-order chi connectivity index (χ0) is 19.9. The number of benzene rings is 1. The van der Waals surface area contributed by atoms with Gasteiger partial charge in [-0.25, -0.2) is 4.98 Å². The third kappa shape index (κ3) is 5.61. The Kier molecular flexibility index (Phi) is 7.14. The molecule has 1 aromatic heterocycles. The molecule has 1 fully saturated rings. The van der Waals surface area contributed by atoms with E-state index in [1.807, 2.05) is 30.5 Å². The highest BCUT2D eigenvalue weighted by Gasteiger charge is 2.13. The maximum Gasteiger partial charge on any atom is 0.254 e. The fourth-order valence-electron chi connectivity index (χ4n) is 3.57. The number of aromatic amines is 1. The van der Waals surface area contributed by atoms with E-state index in [-0.39, 0.29) is 17.9 Å². The van der Waals surface area contributed by atoms with Crippen molar-refractivity contribution in [2.24, 2.45) is 0 Å². The summed E-state index contributed by atoms with van der Waals surface area (Å²) in [5.41, 5.74) is 2.94. The lowest BCUT2D eigenvalue weighted by atomic mass is 9.95. The first-order valence-electron chi connectivity index (χ1n) is 9.85. The van der Waals surface area contributed by atoms with Crippen LogP contribution in [0.3, 0.4) is 0 Å². The van der Waals surface area contributed by atoms with E-state index in [1.54, 1.807) is 6.92 Å². The zero-order valence-corrected chi connectivity index (χ0v) is 17.3. The molecule has 0 atom stereocenters. The summed E-state index contributed by atoms with van der Waals surface area (Å²) in [4.78, 5) is 31.5. The van der Waals surface area contributed by atoms with Crippen LogP contribution >= 0.6 is 11.8 Å². The van der Waals surface area contributed by atoms with E-state index in [1.165, 1.54) is 43.9 Å². The SMILES string of the molecule is CSc1nc(C)c(CCC(=O)Nc2ccc(NC3CCCCC3)cc2)c(=O)[nH]1. The number of hydrogen-bond acceptors (Lipinski definition) is 5. The number of H-pyrrole nitrogens is 1. The van der Waals surface area contributed by atoms with Gasteiger partial charge in [0.25, 0.3) is 5.56 Å². The molecule has 0 spiro atoms. The highest BCUT2D eigenvalue weighted by molar-refractivity contribution is 7.98. The minimum atomic E-state index is -0.164. The Bertz CT molecular complexity index is 858. The topological polar surface area (TPSA) is 86.9 Å². The average molecular weight is 401 g/mol. The fraction of sp³-hybridized carbons (Fsp3) is 0.476. The van der Waals surface area contributed by atoms with Gasteiger partial charge in [0.2, 0.25) is 5.91 Å². The quantitative estimate of drug-likeness (QED) is 0.481. The van der Waals surface area contributed by atoms with Gasteiger partial charge >= 0.3 is 0 Å². The number of hydrogen-bond donors (Lipinski definition) is 3. The molecule has 1 amide bonds. The number of rotatable bonds is 7. The van der Waals surface area contributed by atoms with Gasteiger partial charge in [-0.1, -0.05) is 31.0 Å². The Balaban J connectivity index is 1.51. The normalized spacial score (nSPS) is 14.6. The molecule has 150 valence electrons. The summed E-state index contributed by atoms with van der Waals surface area (Å²) in [7, 11) is 0. The van der Waals surface area contributed by atoms with Crippen molar-refractivity contribution in [1.82, 2.24) is 9.97 Å². The monoisotopic (exact) mass is 400 g/mol. The van der Waals surface area contributed by atoms with Gasteiger partial charge in [-0.3, -0.25) is 9.59 Å². The number of anilines is 2. The minimum absolute atomic E-state index is 0.110. The summed E-state index contributed by atoms with van der Waals surface area (Å²) < 4.78 is 0. The van der Waals surface area contributed by atoms with E-state index in [2.05, 4.69) is 20.6 Å². The summed E-state index contributed by atoms with van der Waals surface area (Å²) in [6.07, 6.45) is 8.86. The molecular weight excluding hydrogens is 372 g/mol. The molecule has 0 aliphatic heterocycles. The number of nitrogens with one attached hydrogen (secondary N) is 3. The average Bonchev–Trinajstić information content (AvgIpc) is 2.69. The maximum atomic E-state index is 12.3. The second-order valence-corrected chi connectivity index (χ2v) is 8.04. The van der Waals surface area contributed by atoms with Crippen LogP contribution in [0.15, 0.2) is 34.2 Å². The molecule has 7 heteroatoms. The number of carbonyl (C=O) groups excluding carboxylic acids is 1. The predicted molar refractivity (Wildman–Crippen MR) is 115 cm³/mol. The molecule has 0 radical (unpaired) electrons. The fourth-order valence-corrected chi connectivity index (χ4v) is 3.99. The number of aromatic nitrogens is 2. The van der Waals surface area contributed by atoms with Gasteiger partial charge in [0.15, 0.2) is 5.16 Å². The lowest BCUT2D eigenvalue weighted by molar-refractivity contribution is -0.116. The van der Waals surface area contributed by atoms with Crippen molar-refractivity contribution >= 4 is 29.0 Å². The number of nitrogens with zero attached hydrogens (tertiary/aromatic N) is 1. The molecule has 0 unspecified atom stereocenters. The number of amides is 1. The van der Waals surface area contributed by atoms with Crippen LogP contribution in [0.1, 0.15) is 49.8 Å². The number of thioether (sulfide) groups is 1. The second-order valence-electron chi connectivity index (χ2n) is 7.24. The molecule has 6 nitrogen and oxygen atoms in total. The molecule has 3 N–H and O–H groups in total. The highest BCUT2D eigenvalue weighted by atomic mass is 32.2. The summed E-state index contributed by atoms with van der Waals surface area (Å²) >= 11 is 1.39. The second kappa shape index (κ2) is 9.78. The molecule has 1 aliphatic carbocycles. The van der Waals surface area contributed by atoms with Crippen LogP contribution in [-0.4, -0.2) is 28.2 Å². The first-order chi connectivity index (χ1) is 13.5. The van der Waals surface area contributed by atoms with E-state index in [0.29, 0.717) is 28.9 Å². The van der Waals surface area contributed by atoms with Crippen LogP contribution in [0, 0.1) is 6.92 Å². The largest absolute Gasteiger partial charge is 0.382 e. The van der Waals surface area contributed by atoms with Crippen LogP contribution in [0.2, 0.25) is 0 Å². The van der Waals surface area contributed by atoms with Crippen LogP contribution in [-0.2, 0) is 11.2 Å². The van der Waals surface area contributed by atoms with E-state index < -0.39 is 0 Å². The van der Waals surface area contributed by atoms with Crippen molar-refractivity contribution in [2.75, 3.05) is 16.9 Å². The lowest BCUT2D eigenvalue weighted by Crippen LogP contribution is -2.22. The standard InChI is InChI=1S/C21H28N4O2S/c1-14-18(20(27)25-21(22-14)28-2)12-13-19(26)24-17-10-8-16(9-11-17)23-15-6-4-3-5-7-15/h8-11,15,23H,3-7,12-13H2,1-2H3,(H,24,26)(H,22,25,27). The molecule has 1 saturated carbocycles. The third-order valence-electron chi connectivity index (χ3n) is 5.14. The minimum Gasteiger partial charge on any atom is -0.382 e. The van der Waals surface area contributed by atoms with Gasteiger partial charge < -0.3 is 15.6 Å². The third-order valence-corrected chi connectivity index (χ3v) is 5.72. The van der Waals surface area contributed by atoms with Gasteiger partial charge in [0, 0.05) is 35.1 Å². The Morgan fingerprint density at radius 2 is 1.86 bits per heavy atom. The Hall–Kier alpha value is -2.28. The van der Waals surface area contributed by atoms with Gasteiger partial charge in [-0.05, 0) is 56.7 Å². The van der Waals surface area contributed by atoms with Crippen molar-refractivity contribution in [1.29, 1.82) is 0 Å². The molecular formula is C21H28N4O2S. The van der Waals surface area contributed by atoms with Crippen LogP contribution < -0.4 is 16.2 Å². The molecule has 1 heterocycles. The lowest BCUT2D eigenvalue weighted by Gasteiger charge is -2.23. The van der Waals surface area contributed by atoms with E-state index in [0.717, 1.165) is 11.4 Å². The van der Waals surface area contributed by atoms with Crippen molar-refractivity contribution < 1.29 is 4.79 Å². The highest BCUT2D eigenvalue weighted by Crippen LogP contribution is 2.22.